The standard InChI is InChI=1S/C11H12N4/c1-14(7-5-12)8-10-9-15-6-3-2-4-11(15)13-10/h2-4,6,9H,7-8H2,1H3. The van der Waals surface area contributed by atoms with Crippen LogP contribution in [0.2, 0.25) is 0 Å². The van der Waals surface area contributed by atoms with Gasteiger partial charge in [-0.1, -0.05) is 6.07 Å². The summed E-state index contributed by atoms with van der Waals surface area (Å²) >= 11 is 0. The summed E-state index contributed by atoms with van der Waals surface area (Å²) in [6.45, 7) is 1.13. The number of hydrogen-bond acceptors (Lipinski definition) is 3. The van der Waals surface area contributed by atoms with Crippen LogP contribution in [0.5, 0.6) is 0 Å². The van der Waals surface area contributed by atoms with Crippen LogP contribution in [0, 0.1) is 11.3 Å². The molecule has 4 heteroatoms. The van der Waals surface area contributed by atoms with Crippen molar-refractivity contribution < 1.29 is 0 Å². The highest BCUT2D eigenvalue weighted by atomic mass is 15.1. The zero-order chi connectivity index (χ0) is 10.7. The lowest BCUT2D eigenvalue weighted by Gasteiger charge is -2.08. The second-order valence-electron chi connectivity index (χ2n) is 3.53. The zero-order valence-electron chi connectivity index (χ0n) is 8.59. The molecule has 0 bridgehead atoms. The molecule has 0 saturated heterocycles. The van der Waals surface area contributed by atoms with E-state index >= 15 is 0 Å². The molecular formula is C11H12N4. The van der Waals surface area contributed by atoms with Gasteiger partial charge in [-0.2, -0.15) is 5.26 Å². The van der Waals surface area contributed by atoms with E-state index in [1.807, 2.05) is 46.9 Å². The quantitative estimate of drug-likeness (QED) is 0.701. The molecule has 76 valence electrons. The molecule has 2 aromatic heterocycles. The summed E-state index contributed by atoms with van der Waals surface area (Å²) in [6.07, 6.45) is 3.96. The first kappa shape index (κ1) is 9.69. The average Bonchev–Trinajstić information content (AvgIpc) is 2.59. The third kappa shape index (κ3) is 2.14. The molecule has 0 aromatic carbocycles. The van der Waals surface area contributed by atoms with Gasteiger partial charge in [-0.15, -0.1) is 0 Å². The van der Waals surface area contributed by atoms with Crippen LogP contribution in [-0.4, -0.2) is 27.9 Å². The maximum atomic E-state index is 8.54. The number of nitrogens with zero attached hydrogens (tertiary/aromatic N) is 4. The van der Waals surface area contributed by atoms with Crippen molar-refractivity contribution in [3.8, 4) is 6.07 Å². The van der Waals surface area contributed by atoms with Crippen molar-refractivity contribution >= 4 is 5.65 Å². The van der Waals surface area contributed by atoms with E-state index in [9.17, 15) is 0 Å². The lowest BCUT2D eigenvalue weighted by Crippen LogP contribution is -2.17. The first-order valence-corrected chi connectivity index (χ1v) is 4.77. The van der Waals surface area contributed by atoms with E-state index in [0.717, 1.165) is 11.3 Å². The molecule has 0 fully saturated rings. The van der Waals surface area contributed by atoms with Crippen LogP contribution in [0.1, 0.15) is 5.69 Å². The Morgan fingerprint density at radius 3 is 3.13 bits per heavy atom. The average molecular weight is 200 g/mol. The predicted octanol–water partition coefficient (Wildman–Crippen LogP) is 1.29. The Kier molecular flexibility index (Phi) is 2.66. The summed E-state index contributed by atoms with van der Waals surface area (Å²) in [5.41, 5.74) is 1.93. The van der Waals surface area contributed by atoms with Crippen molar-refractivity contribution in [2.45, 2.75) is 6.54 Å². The van der Waals surface area contributed by atoms with Crippen molar-refractivity contribution in [2.24, 2.45) is 0 Å². The van der Waals surface area contributed by atoms with E-state index < -0.39 is 0 Å². The molecular weight excluding hydrogens is 188 g/mol. The van der Waals surface area contributed by atoms with Gasteiger partial charge in [0.15, 0.2) is 0 Å². The monoisotopic (exact) mass is 200 g/mol. The zero-order valence-corrected chi connectivity index (χ0v) is 8.59. The molecule has 0 aliphatic heterocycles. The maximum Gasteiger partial charge on any atom is 0.137 e. The van der Waals surface area contributed by atoms with E-state index in [0.29, 0.717) is 13.1 Å². The number of pyridine rings is 1. The van der Waals surface area contributed by atoms with Crippen LogP contribution in [0.15, 0.2) is 30.6 Å². The SMILES string of the molecule is CN(CC#N)Cc1cn2ccccc2n1. The molecule has 0 amide bonds. The number of imidazole rings is 1. The minimum absolute atomic E-state index is 0.424. The molecule has 0 atom stereocenters. The second kappa shape index (κ2) is 4.11. The topological polar surface area (TPSA) is 44.3 Å². The van der Waals surface area contributed by atoms with Gasteiger partial charge in [0, 0.05) is 18.9 Å². The molecule has 0 aliphatic rings. The van der Waals surface area contributed by atoms with Crippen LogP contribution in [0.3, 0.4) is 0 Å². The molecule has 2 heterocycles. The third-order valence-corrected chi connectivity index (χ3v) is 2.19. The van der Waals surface area contributed by atoms with Crippen LogP contribution in [0.25, 0.3) is 5.65 Å². The van der Waals surface area contributed by atoms with E-state index in [4.69, 9.17) is 5.26 Å². The third-order valence-electron chi connectivity index (χ3n) is 2.19. The fourth-order valence-corrected chi connectivity index (χ4v) is 1.52. The van der Waals surface area contributed by atoms with E-state index in [1.165, 1.54) is 0 Å². The van der Waals surface area contributed by atoms with Gasteiger partial charge in [0.05, 0.1) is 18.3 Å². The predicted molar refractivity (Wildman–Crippen MR) is 57.1 cm³/mol. The van der Waals surface area contributed by atoms with Crippen LogP contribution < -0.4 is 0 Å². The van der Waals surface area contributed by atoms with Gasteiger partial charge in [-0.05, 0) is 19.2 Å². The first-order valence-electron chi connectivity index (χ1n) is 4.77. The number of nitriles is 1. The Balaban J connectivity index is 2.19. The van der Waals surface area contributed by atoms with Gasteiger partial charge >= 0.3 is 0 Å². The van der Waals surface area contributed by atoms with Gasteiger partial charge in [0.2, 0.25) is 0 Å². The number of aromatic nitrogens is 2. The van der Waals surface area contributed by atoms with Crippen molar-refractivity contribution in [3.63, 3.8) is 0 Å². The minimum atomic E-state index is 0.424. The van der Waals surface area contributed by atoms with Gasteiger partial charge in [-0.3, -0.25) is 4.90 Å². The summed E-state index contributed by atoms with van der Waals surface area (Å²) in [5.74, 6) is 0. The minimum Gasteiger partial charge on any atom is -0.307 e. The molecule has 2 rings (SSSR count). The second-order valence-corrected chi connectivity index (χ2v) is 3.53. The lowest BCUT2D eigenvalue weighted by molar-refractivity contribution is 0.363. The van der Waals surface area contributed by atoms with Gasteiger partial charge in [0.25, 0.3) is 0 Å². The highest BCUT2D eigenvalue weighted by Crippen LogP contribution is 2.06. The van der Waals surface area contributed by atoms with Crippen molar-refractivity contribution in [2.75, 3.05) is 13.6 Å². The van der Waals surface area contributed by atoms with Gasteiger partial charge in [-0.25, -0.2) is 4.98 Å². The summed E-state index contributed by atoms with van der Waals surface area (Å²) in [5, 5.41) is 8.54. The van der Waals surface area contributed by atoms with E-state index in [-0.39, 0.29) is 0 Å². The number of rotatable bonds is 3. The lowest BCUT2D eigenvalue weighted by atomic mass is 10.4. The maximum absolute atomic E-state index is 8.54. The first-order chi connectivity index (χ1) is 7.29. The van der Waals surface area contributed by atoms with Gasteiger partial charge < -0.3 is 4.40 Å². The van der Waals surface area contributed by atoms with E-state index in [2.05, 4.69) is 11.1 Å². The molecule has 0 radical (unpaired) electrons. The van der Waals surface area contributed by atoms with Crippen molar-refractivity contribution in [1.82, 2.24) is 14.3 Å². The molecule has 0 spiro atoms. The summed E-state index contributed by atoms with van der Waals surface area (Å²) in [4.78, 5) is 6.38. The highest BCUT2D eigenvalue weighted by molar-refractivity contribution is 5.39. The Labute approximate surface area is 88.4 Å². The largest absolute Gasteiger partial charge is 0.307 e. The molecule has 2 aromatic rings. The van der Waals surface area contributed by atoms with Gasteiger partial charge in [0.1, 0.15) is 5.65 Å². The Morgan fingerprint density at radius 2 is 2.40 bits per heavy atom. The summed E-state index contributed by atoms with van der Waals surface area (Å²) < 4.78 is 1.98. The van der Waals surface area contributed by atoms with Crippen LogP contribution in [-0.2, 0) is 6.54 Å². The normalized spacial score (nSPS) is 10.7. The summed E-state index contributed by atoms with van der Waals surface area (Å²) in [7, 11) is 1.91. The molecule has 0 N–H and O–H groups in total. The Hall–Kier alpha value is -1.86. The van der Waals surface area contributed by atoms with Crippen molar-refractivity contribution in [1.29, 1.82) is 5.26 Å². The van der Waals surface area contributed by atoms with Crippen LogP contribution >= 0.6 is 0 Å². The Morgan fingerprint density at radius 1 is 1.53 bits per heavy atom. The number of hydrogen-bond donors (Lipinski definition) is 0. The highest BCUT2D eigenvalue weighted by Gasteiger charge is 2.03. The Bertz CT molecular complexity index is 462. The molecule has 0 saturated carbocycles. The smallest absolute Gasteiger partial charge is 0.137 e. The fourth-order valence-electron chi connectivity index (χ4n) is 1.52. The molecule has 15 heavy (non-hydrogen) atoms. The molecule has 0 aliphatic carbocycles. The fraction of sp³-hybridized carbons (Fsp3) is 0.273. The van der Waals surface area contributed by atoms with Crippen LogP contribution in [0.4, 0.5) is 0 Å². The number of fused-ring (bicyclic) bond motifs is 1. The molecule has 4 nitrogen and oxygen atoms in total. The summed E-state index contributed by atoms with van der Waals surface area (Å²) in [6, 6.07) is 8.01. The van der Waals surface area contributed by atoms with Crippen molar-refractivity contribution in [3.05, 3.63) is 36.3 Å². The van der Waals surface area contributed by atoms with E-state index in [1.54, 1.807) is 0 Å². The molecule has 0 unspecified atom stereocenters.